The van der Waals surface area contributed by atoms with Crippen molar-refractivity contribution in [1.29, 1.82) is 0 Å². The van der Waals surface area contributed by atoms with E-state index in [0.29, 0.717) is 13.1 Å². The molecule has 120 valence electrons. The summed E-state index contributed by atoms with van der Waals surface area (Å²) in [5.41, 5.74) is 8.24. The van der Waals surface area contributed by atoms with Crippen LogP contribution >= 0.6 is 0 Å². The quantitative estimate of drug-likeness (QED) is 0.822. The number of piperazine rings is 1. The Bertz CT molecular complexity index is 531. The summed E-state index contributed by atoms with van der Waals surface area (Å²) in [6, 6.07) is 5.97. The van der Waals surface area contributed by atoms with Gasteiger partial charge in [-0.05, 0) is 25.0 Å². The second-order valence-corrected chi connectivity index (χ2v) is 5.83. The number of rotatable bonds is 5. The van der Waals surface area contributed by atoms with Crippen molar-refractivity contribution in [2.45, 2.75) is 13.8 Å². The number of aryl methyl sites for hydroxylation is 2. The third-order valence-electron chi connectivity index (χ3n) is 3.96. The molecule has 1 saturated heterocycles. The molecule has 6 nitrogen and oxygen atoms in total. The number of anilines is 1. The minimum absolute atomic E-state index is 0.000696. The highest BCUT2D eigenvalue weighted by atomic mass is 16.2. The Hall–Kier alpha value is -1.92. The van der Waals surface area contributed by atoms with E-state index >= 15 is 0 Å². The molecule has 0 aromatic heterocycles. The summed E-state index contributed by atoms with van der Waals surface area (Å²) in [5.74, 6) is -0.304. The van der Waals surface area contributed by atoms with Gasteiger partial charge < -0.3 is 11.1 Å². The molecule has 1 aromatic carbocycles. The Labute approximate surface area is 131 Å². The highest BCUT2D eigenvalue weighted by Gasteiger charge is 2.20. The Balaban J connectivity index is 1.82. The van der Waals surface area contributed by atoms with Crippen LogP contribution in [0.15, 0.2) is 18.2 Å². The van der Waals surface area contributed by atoms with Gasteiger partial charge in [-0.15, -0.1) is 0 Å². The van der Waals surface area contributed by atoms with Gasteiger partial charge in [0.25, 0.3) is 0 Å². The standard InChI is InChI=1S/C16H24N4O2/c1-12-4-3-5-13(2)16(12)18-15(22)11-20-8-6-19(7-9-20)10-14(17)21/h3-5H,6-11H2,1-2H3,(H2,17,21)(H,18,22). The molecular weight excluding hydrogens is 280 g/mol. The molecule has 3 N–H and O–H groups in total. The Morgan fingerprint density at radius 2 is 1.55 bits per heavy atom. The maximum atomic E-state index is 12.2. The molecule has 1 aliphatic rings. The third kappa shape index (κ3) is 4.54. The van der Waals surface area contributed by atoms with E-state index in [2.05, 4.69) is 10.2 Å². The summed E-state index contributed by atoms with van der Waals surface area (Å²) < 4.78 is 0. The van der Waals surface area contributed by atoms with Gasteiger partial charge in [0.1, 0.15) is 0 Å². The molecule has 6 heteroatoms. The first kappa shape index (κ1) is 16.5. The van der Waals surface area contributed by atoms with Crippen LogP contribution in [-0.2, 0) is 9.59 Å². The van der Waals surface area contributed by atoms with Crippen molar-refractivity contribution < 1.29 is 9.59 Å². The number of benzene rings is 1. The summed E-state index contributed by atoms with van der Waals surface area (Å²) >= 11 is 0. The van der Waals surface area contributed by atoms with E-state index in [1.807, 2.05) is 36.9 Å². The van der Waals surface area contributed by atoms with Crippen molar-refractivity contribution >= 4 is 17.5 Å². The first-order valence-electron chi connectivity index (χ1n) is 7.55. The SMILES string of the molecule is Cc1cccc(C)c1NC(=O)CN1CCN(CC(N)=O)CC1. The summed E-state index contributed by atoms with van der Waals surface area (Å²) in [4.78, 5) is 27.2. The third-order valence-corrected chi connectivity index (χ3v) is 3.96. The summed E-state index contributed by atoms with van der Waals surface area (Å²) in [6.07, 6.45) is 0. The van der Waals surface area contributed by atoms with E-state index < -0.39 is 0 Å². The van der Waals surface area contributed by atoms with Gasteiger partial charge in [0.2, 0.25) is 11.8 Å². The summed E-state index contributed by atoms with van der Waals surface area (Å²) in [5, 5.41) is 3.00. The molecule has 0 atom stereocenters. The molecule has 2 rings (SSSR count). The first-order valence-corrected chi connectivity index (χ1v) is 7.55. The number of nitrogens with two attached hydrogens (primary N) is 1. The fraction of sp³-hybridized carbons (Fsp3) is 0.500. The molecule has 2 amide bonds. The highest BCUT2D eigenvalue weighted by molar-refractivity contribution is 5.93. The van der Waals surface area contributed by atoms with E-state index in [9.17, 15) is 9.59 Å². The van der Waals surface area contributed by atoms with Crippen molar-refractivity contribution in [3.63, 3.8) is 0 Å². The monoisotopic (exact) mass is 304 g/mol. The van der Waals surface area contributed by atoms with Gasteiger partial charge in [-0.1, -0.05) is 18.2 Å². The molecule has 1 aromatic rings. The van der Waals surface area contributed by atoms with Crippen LogP contribution < -0.4 is 11.1 Å². The van der Waals surface area contributed by atoms with Crippen LogP contribution in [0.5, 0.6) is 0 Å². The summed E-state index contributed by atoms with van der Waals surface area (Å²) in [7, 11) is 0. The molecule has 1 heterocycles. The number of primary amides is 1. The molecular formula is C16H24N4O2. The maximum Gasteiger partial charge on any atom is 0.238 e. The number of nitrogens with one attached hydrogen (secondary N) is 1. The number of para-hydroxylation sites is 1. The molecule has 22 heavy (non-hydrogen) atoms. The van der Waals surface area contributed by atoms with E-state index in [1.54, 1.807) is 0 Å². The first-order chi connectivity index (χ1) is 10.5. The average molecular weight is 304 g/mol. The zero-order chi connectivity index (χ0) is 16.1. The maximum absolute atomic E-state index is 12.2. The zero-order valence-electron chi connectivity index (χ0n) is 13.3. The van der Waals surface area contributed by atoms with Crippen LogP contribution in [0.4, 0.5) is 5.69 Å². The molecule has 0 saturated carbocycles. The predicted octanol–water partition coefficient (Wildman–Crippen LogP) is 0.345. The molecule has 0 unspecified atom stereocenters. The van der Waals surface area contributed by atoms with Gasteiger partial charge in [-0.3, -0.25) is 19.4 Å². The molecule has 0 spiro atoms. The molecule has 0 bridgehead atoms. The molecule has 0 radical (unpaired) electrons. The van der Waals surface area contributed by atoms with Gasteiger partial charge in [-0.2, -0.15) is 0 Å². The lowest BCUT2D eigenvalue weighted by atomic mass is 10.1. The number of hydrogen-bond donors (Lipinski definition) is 2. The van der Waals surface area contributed by atoms with Crippen molar-refractivity contribution in [3.05, 3.63) is 29.3 Å². The minimum Gasteiger partial charge on any atom is -0.369 e. The second kappa shape index (κ2) is 7.38. The number of hydrogen-bond acceptors (Lipinski definition) is 4. The van der Waals surface area contributed by atoms with Crippen molar-refractivity contribution in [2.75, 3.05) is 44.6 Å². The van der Waals surface area contributed by atoms with E-state index in [4.69, 9.17) is 5.73 Å². The lowest BCUT2D eigenvalue weighted by molar-refractivity contribution is -0.121. The Kier molecular flexibility index (Phi) is 5.51. The Morgan fingerprint density at radius 1 is 1.05 bits per heavy atom. The van der Waals surface area contributed by atoms with Crippen LogP contribution in [0.2, 0.25) is 0 Å². The molecule has 1 fully saturated rings. The van der Waals surface area contributed by atoms with Crippen molar-refractivity contribution in [2.24, 2.45) is 5.73 Å². The van der Waals surface area contributed by atoms with Gasteiger partial charge in [0.15, 0.2) is 0 Å². The highest BCUT2D eigenvalue weighted by Crippen LogP contribution is 2.19. The van der Waals surface area contributed by atoms with Crippen LogP contribution in [0.1, 0.15) is 11.1 Å². The lowest BCUT2D eigenvalue weighted by Gasteiger charge is -2.33. The topological polar surface area (TPSA) is 78.7 Å². The zero-order valence-corrected chi connectivity index (χ0v) is 13.3. The van der Waals surface area contributed by atoms with E-state index in [1.165, 1.54) is 0 Å². The van der Waals surface area contributed by atoms with Crippen LogP contribution in [0, 0.1) is 13.8 Å². The number of carbonyl (C=O) groups is 2. The fourth-order valence-corrected chi connectivity index (χ4v) is 2.72. The second-order valence-electron chi connectivity index (χ2n) is 5.83. The van der Waals surface area contributed by atoms with Crippen molar-refractivity contribution in [3.8, 4) is 0 Å². The number of amides is 2. The summed E-state index contributed by atoms with van der Waals surface area (Å²) in [6.45, 7) is 7.72. The number of nitrogens with zero attached hydrogens (tertiary/aromatic N) is 2. The van der Waals surface area contributed by atoms with Gasteiger partial charge >= 0.3 is 0 Å². The van der Waals surface area contributed by atoms with Gasteiger partial charge in [-0.25, -0.2) is 0 Å². The molecule has 1 aliphatic heterocycles. The lowest BCUT2D eigenvalue weighted by Crippen LogP contribution is -2.50. The predicted molar refractivity (Wildman–Crippen MR) is 86.6 cm³/mol. The van der Waals surface area contributed by atoms with Crippen LogP contribution in [0.3, 0.4) is 0 Å². The number of carbonyl (C=O) groups excluding carboxylic acids is 2. The van der Waals surface area contributed by atoms with Gasteiger partial charge in [0.05, 0.1) is 13.1 Å². The fourth-order valence-electron chi connectivity index (χ4n) is 2.72. The molecule has 0 aliphatic carbocycles. The Morgan fingerprint density at radius 3 is 2.05 bits per heavy atom. The smallest absolute Gasteiger partial charge is 0.238 e. The van der Waals surface area contributed by atoms with Crippen LogP contribution in [-0.4, -0.2) is 60.9 Å². The van der Waals surface area contributed by atoms with E-state index in [-0.39, 0.29) is 11.8 Å². The van der Waals surface area contributed by atoms with E-state index in [0.717, 1.165) is 43.0 Å². The average Bonchev–Trinajstić information content (AvgIpc) is 2.45. The largest absolute Gasteiger partial charge is 0.369 e. The minimum atomic E-state index is -0.304. The van der Waals surface area contributed by atoms with Crippen molar-refractivity contribution in [1.82, 2.24) is 9.80 Å². The normalized spacial score (nSPS) is 16.5. The van der Waals surface area contributed by atoms with Gasteiger partial charge in [0, 0.05) is 31.9 Å². The van der Waals surface area contributed by atoms with Crippen LogP contribution in [0.25, 0.3) is 0 Å².